The molecule has 0 bridgehead atoms. The minimum Gasteiger partial charge on any atom is -0.772 e. The van der Waals surface area contributed by atoms with Crippen LogP contribution < -0.4 is 16.4 Å². The zero-order valence-corrected chi connectivity index (χ0v) is 19.4. The van der Waals surface area contributed by atoms with E-state index >= 15 is 0 Å². The summed E-state index contributed by atoms with van der Waals surface area (Å²) in [5.41, 5.74) is 5.47. The fourth-order valence-electron chi connectivity index (χ4n) is 3.40. The number of amides is 1. The number of anilines is 1. The Hall–Kier alpha value is -2.05. The Labute approximate surface area is 191 Å². The Morgan fingerprint density at radius 3 is 3.00 bits per heavy atom. The number of nitrogens with two attached hydrogens (primary N) is 1. The lowest BCUT2D eigenvalue weighted by Gasteiger charge is -2.45. The number of nitrogens with zero attached hydrogens (tertiary/aromatic N) is 2. The Morgan fingerprint density at radius 2 is 2.32 bits per heavy atom. The van der Waals surface area contributed by atoms with E-state index in [2.05, 4.69) is 20.6 Å². The summed E-state index contributed by atoms with van der Waals surface area (Å²) in [5, 5.41) is 5.09. The number of ether oxygens (including phenoxy) is 1. The zero-order valence-electron chi connectivity index (χ0n) is 17.0. The quantitative estimate of drug-likeness (QED) is 0.323. The maximum Gasteiger partial charge on any atom is 0.266 e. The second-order valence-electron chi connectivity index (χ2n) is 6.91. The summed E-state index contributed by atoms with van der Waals surface area (Å²) < 4.78 is 29.7. The highest BCUT2D eigenvalue weighted by atomic mass is 35.5. The molecular formula is C19H23ClN5O4S2-. The first-order chi connectivity index (χ1) is 14.8. The molecule has 4 N–H and O–H groups in total. The largest absolute Gasteiger partial charge is 0.772 e. The van der Waals surface area contributed by atoms with E-state index in [0.717, 1.165) is 23.5 Å². The number of hydrogen-bond acceptors (Lipinski definition) is 7. The molecular weight excluding hydrogens is 462 g/mol. The van der Waals surface area contributed by atoms with Crippen molar-refractivity contribution in [3.05, 3.63) is 44.7 Å². The van der Waals surface area contributed by atoms with E-state index < -0.39 is 27.8 Å². The number of aliphatic imine (C=N–C) groups is 1. The average Bonchev–Trinajstić information content (AvgIpc) is 3.16. The van der Waals surface area contributed by atoms with Gasteiger partial charge in [-0.15, -0.1) is 11.3 Å². The molecule has 0 radical (unpaired) electrons. The molecule has 0 aliphatic carbocycles. The maximum atomic E-state index is 12.8. The normalized spacial score (nSPS) is 22.7. The molecule has 1 aliphatic heterocycles. The van der Waals surface area contributed by atoms with Crippen LogP contribution in [0.1, 0.15) is 33.6 Å². The monoisotopic (exact) mass is 484 g/mol. The summed E-state index contributed by atoms with van der Waals surface area (Å²) in [4.78, 5) is 21.8. The SMILES string of the molecule is CCc1cccc(NC(=O)c2cc(Cl)c([C@]3(NC(N)=NC)COCCC3S(=O)[O-])s2)n1. The first-order valence-electron chi connectivity index (χ1n) is 9.54. The molecule has 0 spiro atoms. The Morgan fingerprint density at radius 1 is 1.55 bits per heavy atom. The average molecular weight is 485 g/mol. The molecule has 1 fully saturated rings. The van der Waals surface area contributed by atoms with Gasteiger partial charge < -0.3 is 25.7 Å². The maximum absolute atomic E-state index is 12.8. The lowest BCUT2D eigenvalue weighted by molar-refractivity contribution is 0.0309. The smallest absolute Gasteiger partial charge is 0.266 e. The van der Waals surface area contributed by atoms with E-state index in [1.807, 2.05) is 19.1 Å². The van der Waals surface area contributed by atoms with E-state index in [1.165, 1.54) is 13.1 Å². The summed E-state index contributed by atoms with van der Waals surface area (Å²) in [6.45, 7) is 2.25. The second-order valence-corrected chi connectivity index (χ2v) is 9.45. The van der Waals surface area contributed by atoms with Gasteiger partial charge in [-0.3, -0.25) is 14.0 Å². The van der Waals surface area contributed by atoms with Crippen molar-refractivity contribution in [3.63, 3.8) is 0 Å². The minimum absolute atomic E-state index is 0.00323. The summed E-state index contributed by atoms with van der Waals surface area (Å²) >= 11 is 5.12. The summed E-state index contributed by atoms with van der Waals surface area (Å²) in [7, 11) is 1.48. The third kappa shape index (κ3) is 5.07. The molecule has 2 unspecified atom stereocenters. The Bertz CT molecular complexity index is 1010. The van der Waals surface area contributed by atoms with E-state index in [4.69, 9.17) is 22.1 Å². The molecule has 1 saturated heterocycles. The van der Waals surface area contributed by atoms with Crippen LogP contribution in [0.4, 0.5) is 5.82 Å². The Kier molecular flexibility index (Phi) is 7.65. The molecule has 9 nitrogen and oxygen atoms in total. The van der Waals surface area contributed by atoms with E-state index in [-0.39, 0.29) is 30.6 Å². The predicted octanol–water partition coefficient (Wildman–Crippen LogP) is 2.01. The van der Waals surface area contributed by atoms with Crippen LogP contribution in [-0.4, -0.2) is 51.1 Å². The first kappa shape index (κ1) is 23.6. The van der Waals surface area contributed by atoms with Gasteiger partial charge in [0.25, 0.3) is 5.91 Å². The molecule has 168 valence electrons. The van der Waals surface area contributed by atoms with Crippen molar-refractivity contribution in [1.82, 2.24) is 10.3 Å². The minimum atomic E-state index is -2.45. The molecule has 0 aromatic carbocycles. The van der Waals surface area contributed by atoms with Crippen LogP contribution in [0.5, 0.6) is 0 Å². The molecule has 3 heterocycles. The molecule has 1 aliphatic rings. The number of aromatic nitrogens is 1. The second kappa shape index (κ2) is 10.0. The van der Waals surface area contributed by atoms with E-state index in [1.54, 1.807) is 6.07 Å². The fraction of sp³-hybridized carbons (Fsp3) is 0.421. The molecule has 0 saturated carbocycles. The number of nitrogens with one attached hydrogen (secondary N) is 2. The lowest BCUT2D eigenvalue weighted by Crippen LogP contribution is -2.61. The number of hydrogen-bond donors (Lipinski definition) is 3. The number of pyridine rings is 1. The fourth-order valence-corrected chi connectivity index (χ4v) is 5.93. The number of guanidine groups is 1. The number of carbonyl (C=O) groups is 1. The van der Waals surface area contributed by atoms with Gasteiger partial charge in [0.2, 0.25) is 0 Å². The van der Waals surface area contributed by atoms with Gasteiger partial charge in [0, 0.05) is 19.3 Å². The molecule has 12 heteroatoms. The van der Waals surface area contributed by atoms with Crippen molar-refractivity contribution in [2.24, 2.45) is 10.7 Å². The highest BCUT2D eigenvalue weighted by Gasteiger charge is 2.47. The summed E-state index contributed by atoms with van der Waals surface area (Å²) in [6.07, 6.45) is 0.977. The number of halogens is 1. The van der Waals surface area contributed by atoms with Gasteiger partial charge in [-0.05, 0) is 42.1 Å². The highest BCUT2D eigenvalue weighted by Crippen LogP contribution is 2.42. The predicted molar refractivity (Wildman–Crippen MR) is 121 cm³/mol. The molecule has 1 amide bonds. The number of rotatable bonds is 6. The third-order valence-electron chi connectivity index (χ3n) is 4.95. The van der Waals surface area contributed by atoms with Crippen molar-refractivity contribution in [2.75, 3.05) is 25.6 Å². The van der Waals surface area contributed by atoms with Gasteiger partial charge in [0.1, 0.15) is 11.4 Å². The van der Waals surface area contributed by atoms with Crippen LogP contribution >= 0.6 is 22.9 Å². The van der Waals surface area contributed by atoms with Gasteiger partial charge in [0.05, 0.1) is 26.6 Å². The lowest BCUT2D eigenvalue weighted by atomic mass is 9.90. The van der Waals surface area contributed by atoms with E-state index in [9.17, 15) is 13.6 Å². The number of carbonyl (C=O) groups excluding carboxylic acids is 1. The van der Waals surface area contributed by atoms with Crippen LogP contribution in [-0.2, 0) is 27.8 Å². The van der Waals surface area contributed by atoms with Crippen molar-refractivity contribution < 1.29 is 18.3 Å². The number of thiophene rings is 1. The van der Waals surface area contributed by atoms with Gasteiger partial charge in [-0.2, -0.15) is 0 Å². The zero-order chi connectivity index (χ0) is 22.6. The topological polar surface area (TPSA) is 142 Å². The summed E-state index contributed by atoms with van der Waals surface area (Å²) in [6, 6.07) is 6.88. The van der Waals surface area contributed by atoms with Gasteiger partial charge in [0.15, 0.2) is 5.96 Å². The molecule has 2 aromatic heterocycles. The van der Waals surface area contributed by atoms with Crippen LogP contribution in [0.15, 0.2) is 29.3 Å². The molecule has 2 aromatic rings. The first-order valence-corrected chi connectivity index (χ1v) is 11.9. The summed E-state index contributed by atoms with van der Waals surface area (Å²) in [5.74, 6) is 0.0601. The van der Waals surface area contributed by atoms with Crippen LogP contribution in [0.2, 0.25) is 5.02 Å². The van der Waals surface area contributed by atoms with E-state index in [0.29, 0.717) is 15.6 Å². The highest BCUT2D eigenvalue weighted by molar-refractivity contribution is 7.79. The van der Waals surface area contributed by atoms with Crippen molar-refractivity contribution >= 4 is 51.7 Å². The van der Waals surface area contributed by atoms with Crippen LogP contribution in [0.25, 0.3) is 0 Å². The molecule has 3 atom stereocenters. The molecule has 3 rings (SSSR count). The van der Waals surface area contributed by atoms with Crippen LogP contribution in [0.3, 0.4) is 0 Å². The van der Waals surface area contributed by atoms with Gasteiger partial charge in [-0.1, -0.05) is 24.6 Å². The van der Waals surface area contributed by atoms with Crippen molar-refractivity contribution in [1.29, 1.82) is 0 Å². The van der Waals surface area contributed by atoms with Gasteiger partial charge in [-0.25, -0.2) is 4.98 Å². The van der Waals surface area contributed by atoms with Crippen molar-refractivity contribution in [2.45, 2.75) is 30.6 Å². The van der Waals surface area contributed by atoms with Gasteiger partial charge >= 0.3 is 0 Å². The van der Waals surface area contributed by atoms with Crippen molar-refractivity contribution in [3.8, 4) is 0 Å². The standard InChI is InChI=1S/C19H24ClN5O4S2/c1-3-11-5-4-6-15(23-11)24-17(26)13-9-12(20)16(30-13)19(25-18(21)22-2)10-29-8-7-14(19)31(27)28/h4-6,9,14H,3,7-8,10H2,1-2H3,(H,27,28)(H3,21,22,25)(H,23,24,26)/p-1/t14?,19-/m0/s1. The molecule has 31 heavy (non-hydrogen) atoms. The van der Waals surface area contributed by atoms with Crippen LogP contribution in [0, 0.1) is 0 Å². The Balaban J connectivity index is 1.98. The number of aryl methyl sites for hydroxylation is 1. The third-order valence-corrected chi connectivity index (χ3v) is 7.78.